The summed E-state index contributed by atoms with van der Waals surface area (Å²) in [5.74, 6) is 0.405. The van der Waals surface area contributed by atoms with Crippen molar-refractivity contribution in [1.82, 2.24) is 10.6 Å². The summed E-state index contributed by atoms with van der Waals surface area (Å²) in [7, 11) is 0. The van der Waals surface area contributed by atoms with Crippen molar-refractivity contribution in [3.05, 3.63) is 0 Å². The molecule has 0 amide bonds. The van der Waals surface area contributed by atoms with Crippen LogP contribution in [0.2, 0.25) is 0 Å². The second-order valence-electron chi connectivity index (χ2n) is 2.15. The summed E-state index contributed by atoms with van der Waals surface area (Å²) in [5, 5.41) is 5.82. The van der Waals surface area contributed by atoms with Crippen LogP contribution in [0.4, 0.5) is 0 Å². The van der Waals surface area contributed by atoms with Gasteiger partial charge in [0.2, 0.25) is 0 Å². The number of thiocarbonyl (C=S) groups is 1. The molecule has 0 aromatic rings. The molecule has 0 aliphatic carbocycles. The zero-order valence-corrected chi connectivity index (χ0v) is 9.50. The minimum atomic E-state index is -3.89. The molecule has 0 rings (SSSR count). The highest BCUT2D eigenvalue weighted by atomic mass is 32.7. The maximum atomic E-state index is 10.4. The van der Waals surface area contributed by atoms with Crippen LogP contribution in [-0.4, -0.2) is 40.7 Å². The van der Waals surface area contributed by atoms with E-state index in [4.69, 9.17) is 9.79 Å². The lowest BCUT2D eigenvalue weighted by molar-refractivity contribution is 0.397. The fourth-order valence-corrected chi connectivity index (χ4v) is 2.16. The highest BCUT2D eigenvalue weighted by Crippen LogP contribution is 2.49. The lowest BCUT2D eigenvalue weighted by Crippen LogP contribution is -2.27. The highest BCUT2D eigenvalue weighted by Gasteiger charge is 2.11. The number of nitrogens with one attached hydrogen (secondary N) is 2. The maximum Gasteiger partial charge on any atom is 0.384 e. The monoisotopic (exact) mass is 244 g/mol. The number of rotatable bonds is 8. The first-order valence-corrected chi connectivity index (χ1v) is 7.31. The number of hydrogen-bond donors (Lipinski definition) is 4. The van der Waals surface area contributed by atoms with Gasteiger partial charge in [-0.05, 0) is 11.4 Å². The third-order valence-corrected chi connectivity index (χ3v) is 3.51. The van der Waals surface area contributed by atoms with Crippen LogP contribution >= 0.6 is 30.4 Å². The standard InChI is InChI=1S/C5H13N2O3PS2/c8-11(9,10)13-4-3-6-1-2-7-5-12/h5-6H,1-4H2,(H,7,12)(H2,8,9,10). The van der Waals surface area contributed by atoms with E-state index in [1.807, 2.05) is 0 Å². The summed E-state index contributed by atoms with van der Waals surface area (Å²) in [4.78, 5) is 16.9. The van der Waals surface area contributed by atoms with Gasteiger partial charge in [-0.3, -0.25) is 0 Å². The summed E-state index contributed by atoms with van der Waals surface area (Å²) in [6.07, 6.45) is 0. The van der Waals surface area contributed by atoms with Crippen LogP contribution in [0.1, 0.15) is 0 Å². The van der Waals surface area contributed by atoms with Crippen molar-refractivity contribution >= 4 is 35.9 Å². The molecule has 13 heavy (non-hydrogen) atoms. The molecular weight excluding hydrogens is 231 g/mol. The van der Waals surface area contributed by atoms with Crippen LogP contribution in [0, 0.1) is 0 Å². The van der Waals surface area contributed by atoms with E-state index in [9.17, 15) is 4.57 Å². The minimum Gasteiger partial charge on any atom is -0.381 e. The van der Waals surface area contributed by atoms with Crippen molar-refractivity contribution in [1.29, 1.82) is 0 Å². The van der Waals surface area contributed by atoms with Crippen molar-refractivity contribution in [2.45, 2.75) is 0 Å². The van der Waals surface area contributed by atoms with E-state index in [1.165, 1.54) is 5.49 Å². The Bertz CT molecular complexity index is 187. The van der Waals surface area contributed by atoms with Crippen molar-refractivity contribution in [3.8, 4) is 0 Å². The smallest absolute Gasteiger partial charge is 0.381 e. The van der Waals surface area contributed by atoms with Crippen LogP contribution in [0.25, 0.3) is 0 Å². The molecular formula is C5H13N2O3PS2. The molecule has 78 valence electrons. The van der Waals surface area contributed by atoms with Gasteiger partial charge in [0.05, 0.1) is 5.49 Å². The molecule has 0 radical (unpaired) electrons. The van der Waals surface area contributed by atoms with Gasteiger partial charge in [-0.2, -0.15) is 0 Å². The lowest BCUT2D eigenvalue weighted by Gasteiger charge is -2.04. The molecule has 0 aromatic carbocycles. The molecule has 0 aliphatic rings. The van der Waals surface area contributed by atoms with Gasteiger partial charge in [0.25, 0.3) is 0 Å². The predicted molar refractivity (Wildman–Crippen MR) is 59.0 cm³/mol. The van der Waals surface area contributed by atoms with Crippen LogP contribution in [0.3, 0.4) is 0 Å². The quantitative estimate of drug-likeness (QED) is 0.271. The third-order valence-electron chi connectivity index (χ3n) is 1.07. The van der Waals surface area contributed by atoms with Crippen LogP contribution in [0.5, 0.6) is 0 Å². The zero-order valence-electron chi connectivity index (χ0n) is 6.97. The molecule has 0 saturated carbocycles. The molecule has 0 heterocycles. The average Bonchev–Trinajstić information content (AvgIpc) is 2.01. The summed E-state index contributed by atoms with van der Waals surface area (Å²) >= 11 is 5.18. The second kappa shape index (κ2) is 7.73. The highest BCUT2D eigenvalue weighted by molar-refractivity contribution is 8.54. The van der Waals surface area contributed by atoms with Crippen LogP contribution < -0.4 is 10.6 Å². The lowest BCUT2D eigenvalue weighted by atomic mass is 10.6. The van der Waals surface area contributed by atoms with E-state index < -0.39 is 6.80 Å². The average molecular weight is 244 g/mol. The van der Waals surface area contributed by atoms with Gasteiger partial charge in [-0.15, -0.1) is 0 Å². The molecule has 8 heteroatoms. The van der Waals surface area contributed by atoms with E-state index in [0.29, 0.717) is 23.7 Å². The molecule has 0 aliphatic heterocycles. The fourth-order valence-electron chi connectivity index (χ4n) is 0.581. The second-order valence-corrected chi connectivity index (χ2v) is 6.23. The predicted octanol–water partition coefficient (Wildman–Crippen LogP) is -0.0513. The van der Waals surface area contributed by atoms with E-state index in [0.717, 1.165) is 13.1 Å². The molecule has 5 nitrogen and oxygen atoms in total. The van der Waals surface area contributed by atoms with Gasteiger partial charge in [0.1, 0.15) is 0 Å². The Hall–Kier alpha value is 0.350. The van der Waals surface area contributed by atoms with Crippen LogP contribution in [0.15, 0.2) is 0 Å². The van der Waals surface area contributed by atoms with Crippen molar-refractivity contribution < 1.29 is 14.4 Å². The molecule has 0 atom stereocenters. The third kappa shape index (κ3) is 12.4. The van der Waals surface area contributed by atoms with Crippen molar-refractivity contribution in [2.75, 3.05) is 25.4 Å². The normalized spacial score (nSPS) is 11.2. The first-order chi connectivity index (χ1) is 6.06. The summed E-state index contributed by atoms with van der Waals surface area (Å²) in [6, 6.07) is 0. The summed E-state index contributed by atoms with van der Waals surface area (Å²) in [5.41, 5.74) is 1.44. The summed E-state index contributed by atoms with van der Waals surface area (Å²) in [6.45, 7) is -1.85. The Labute approximate surface area is 86.6 Å². The minimum absolute atomic E-state index is 0.405. The molecule has 0 aromatic heterocycles. The molecule has 0 unspecified atom stereocenters. The Morgan fingerprint density at radius 1 is 1.38 bits per heavy atom. The van der Waals surface area contributed by atoms with Crippen LogP contribution in [-0.2, 0) is 4.57 Å². The molecule has 0 saturated heterocycles. The van der Waals surface area contributed by atoms with Crippen molar-refractivity contribution in [3.63, 3.8) is 0 Å². The van der Waals surface area contributed by atoms with Gasteiger partial charge < -0.3 is 20.4 Å². The van der Waals surface area contributed by atoms with E-state index in [2.05, 4.69) is 22.9 Å². The van der Waals surface area contributed by atoms with Gasteiger partial charge in [-0.25, -0.2) is 4.57 Å². The Morgan fingerprint density at radius 2 is 2.08 bits per heavy atom. The molecule has 4 N–H and O–H groups in total. The summed E-state index contributed by atoms with van der Waals surface area (Å²) < 4.78 is 10.4. The largest absolute Gasteiger partial charge is 0.384 e. The fraction of sp³-hybridized carbons (Fsp3) is 0.800. The first-order valence-electron chi connectivity index (χ1n) is 3.64. The Kier molecular flexibility index (Phi) is 7.93. The maximum absolute atomic E-state index is 10.4. The molecule has 0 bridgehead atoms. The number of hydrogen-bond acceptors (Lipinski definition) is 4. The zero-order chi connectivity index (χ0) is 10.2. The van der Waals surface area contributed by atoms with Gasteiger partial charge in [0, 0.05) is 25.4 Å². The van der Waals surface area contributed by atoms with Gasteiger partial charge in [-0.1, -0.05) is 12.2 Å². The topological polar surface area (TPSA) is 81.6 Å². The van der Waals surface area contributed by atoms with E-state index in [1.54, 1.807) is 0 Å². The van der Waals surface area contributed by atoms with E-state index in [-0.39, 0.29) is 0 Å². The SMILES string of the molecule is O=P(O)(O)SCCNCCNC=S. The van der Waals surface area contributed by atoms with Gasteiger partial charge >= 0.3 is 6.80 Å². The van der Waals surface area contributed by atoms with E-state index >= 15 is 0 Å². The van der Waals surface area contributed by atoms with Gasteiger partial charge in [0.15, 0.2) is 0 Å². The van der Waals surface area contributed by atoms with Crippen molar-refractivity contribution in [2.24, 2.45) is 0 Å². The Morgan fingerprint density at radius 3 is 2.62 bits per heavy atom. The molecule has 0 spiro atoms. The molecule has 0 fully saturated rings. The Balaban J connectivity index is 3.08. The first kappa shape index (κ1) is 13.4.